The molecule has 69 heavy (non-hydrogen) atoms. The average Bonchev–Trinajstić information content (AvgIpc) is 3.31. The molecule has 2 heterocycles. The van der Waals surface area contributed by atoms with Crippen LogP contribution >= 0.6 is 0 Å². The number of cyclic esters (lactones) is 1. The third-order valence-corrected chi connectivity index (χ3v) is 18.8. The number of esters is 3. The summed E-state index contributed by atoms with van der Waals surface area (Å²) >= 11 is 0. The van der Waals surface area contributed by atoms with Gasteiger partial charge in [0.1, 0.15) is 37.1 Å². The van der Waals surface area contributed by atoms with Gasteiger partial charge in [-0.05, 0) is 109 Å². The largest absolute Gasteiger partial charge is 0.504 e. The van der Waals surface area contributed by atoms with E-state index >= 15 is 0 Å². The first-order valence-electron chi connectivity index (χ1n) is 23.7. The second-order valence-corrected chi connectivity index (χ2v) is 22.6. The summed E-state index contributed by atoms with van der Waals surface area (Å²) in [6.45, 7) is 8.65. The van der Waals surface area contributed by atoms with Gasteiger partial charge in [-0.3, -0.25) is 4.79 Å². The number of aliphatic hydroxyl groups excluding tert-OH is 6. The number of allylic oxidation sites excluding steroid dienone is 2. The second-order valence-electron chi connectivity index (χ2n) is 22.6. The van der Waals surface area contributed by atoms with Crippen LogP contribution in [-0.2, 0) is 23.7 Å². The third kappa shape index (κ3) is 6.80. The number of hydrogen-bond donors (Lipinski definition) is 12. The quantitative estimate of drug-likeness (QED) is 0.0904. The number of carbonyl (C=O) groups is 3. The number of ether oxygens (including phenoxy) is 4. The van der Waals surface area contributed by atoms with E-state index in [-0.39, 0.29) is 23.7 Å². The molecule has 4 saturated carbocycles. The minimum atomic E-state index is -1.77. The fourth-order valence-electron chi connectivity index (χ4n) is 14.9. The van der Waals surface area contributed by atoms with E-state index < -0.39 is 170 Å². The molecule has 0 radical (unpaired) electrons. The zero-order valence-corrected chi connectivity index (χ0v) is 39.2. The Balaban J connectivity index is 1.10. The molecule has 19 heteroatoms. The zero-order chi connectivity index (χ0) is 50.3. The summed E-state index contributed by atoms with van der Waals surface area (Å²) in [6.07, 6.45) is -4.82. The molecule has 2 aromatic rings. The molecule has 2 aromatic carbocycles. The molecule has 0 amide bonds. The van der Waals surface area contributed by atoms with Gasteiger partial charge >= 0.3 is 17.9 Å². The van der Waals surface area contributed by atoms with Crippen molar-refractivity contribution in [3.05, 3.63) is 34.9 Å². The fourth-order valence-corrected chi connectivity index (χ4v) is 14.9. The Bertz CT molecular complexity index is 2500. The Morgan fingerprint density at radius 3 is 1.96 bits per heavy atom. The monoisotopic (exact) mass is 968 g/mol. The summed E-state index contributed by atoms with van der Waals surface area (Å²) in [5.74, 6) is -11.0. The van der Waals surface area contributed by atoms with Crippen LogP contribution in [0.2, 0.25) is 0 Å². The molecule has 5 aliphatic carbocycles. The van der Waals surface area contributed by atoms with Gasteiger partial charge in [0, 0.05) is 11.1 Å². The van der Waals surface area contributed by atoms with Crippen LogP contribution in [0.3, 0.4) is 0 Å². The molecule has 5 fully saturated rings. The van der Waals surface area contributed by atoms with Crippen molar-refractivity contribution >= 4 is 17.9 Å². The molecule has 0 bridgehead atoms. The highest BCUT2D eigenvalue weighted by Gasteiger charge is 2.72. The number of phenolic OH excluding ortho intramolecular Hbond substituents is 6. The van der Waals surface area contributed by atoms with E-state index in [2.05, 4.69) is 33.8 Å². The van der Waals surface area contributed by atoms with Crippen LogP contribution in [0.1, 0.15) is 113 Å². The molecular formula is C50H64O19. The molecule has 7 aliphatic rings. The molecule has 15 atom stereocenters. The number of fused-ring (bicyclic) bond motifs is 12. The standard InChI is InChI=1S/C50H64O19/c1-45(2)10-12-49(44(65)69-43-39(62)38(61)35(58)28(18-51)67-43)13-11-47(4)23(24(49)16-45)6-7-29-46(3)17-27(55)40-50(19-52,30(46)8-9-48(29,47)5)20-66-41(63)21-14-25(53)33(56)36(59)31(21)32-22(42(64)68-40)15-26(54)34(57)37(32)60/h6,14-15,24,27-30,35,38-40,43,51-62H,7-13,16-20H2,1-5H3/t24-,27-,28-,29-,30+,35-,38+,39-,40+,43+,46-,47-,48-,49+,50-/m1/s1. The number of carbonyl (C=O) groups excluding carboxylic acids is 3. The van der Waals surface area contributed by atoms with Gasteiger partial charge in [-0.1, -0.05) is 46.3 Å². The van der Waals surface area contributed by atoms with Gasteiger partial charge in [0.05, 0.1) is 41.3 Å². The topological polar surface area (TPSA) is 331 Å². The van der Waals surface area contributed by atoms with Crippen LogP contribution in [0.15, 0.2) is 23.8 Å². The van der Waals surface area contributed by atoms with Gasteiger partial charge < -0.3 is 80.2 Å². The first-order valence-corrected chi connectivity index (χ1v) is 23.7. The fraction of sp³-hybridized carbons (Fsp3) is 0.660. The molecule has 19 nitrogen and oxygen atoms in total. The van der Waals surface area contributed by atoms with Gasteiger partial charge in [-0.2, -0.15) is 0 Å². The van der Waals surface area contributed by atoms with Crippen molar-refractivity contribution in [3.63, 3.8) is 0 Å². The van der Waals surface area contributed by atoms with E-state index in [1.54, 1.807) is 0 Å². The summed E-state index contributed by atoms with van der Waals surface area (Å²) in [7, 11) is 0. The van der Waals surface area contributed by atoms with Gasteiger partial charge in [-0.25, -0.2) is 9.59 Å². The van der Waals surface area contributed by atoms with Crippen molar-refractivity contribution < 1.29 is 94.6 Å². The van der Waals surface area contributed by atoms with Crippen LogP contribution < -0.4 is 0 Å². The first-order chi connectivity index (χ1) is 32.3. The molecule has 0 spiro atoms. The first kappa shape index (κ1) is 49.1. The molecule has 12 N–H and O–H groups in total. The lowest BCUT2D eigenvalue weighted by Crippen LogP contribution is -2.70. The number of rotatable bonds is 4. The minimum absolute atomic E-state index is 0.0400. The van der Waals surface area contributed by atoms with Crippen molar-refractivity contribution in [1.29, 1.82) is 0 Å². The van der Waals surface area contributed by atoms with E-state index in [9.17, 15) is 75.7 Å². The van der Waals surface area contributed by atoms with E-state index in [1.165, 1.54) is 0 Å². The van der Waals surface area contributed by atoms with Crippen LogP contribution in [0, 0.1) is 50.2 Å². The predicted molar refractivity (Wildman–Crippen MR) is 237 cm³/mol. The number of aliphatic hydroxyl groups is 6. The van der Waals surface area contributed by atoms with Crippen molar-refractivity contribution in [3.8, 4) is 45.6 Å². The van der Waals surface area contributed by atoms with Gasteiger partial charge in [0.15, 0.2) is 23.0 Å². The maximum absolute atomic E-state index is 14.7. The van der Waals surface area contributed by atoms with Crippen LogP contribution in [0.25, 0.3) is 11.1 Å². The Morgan fingerprint density at radius 1 is 0.739 bits per heavy atom. The third-order valence-electron chi connectivity index (χ3n) is 18.8. The van der Waals surface area contributed by atoms with Crippen molar-refractivity contribution in [2.24, 2.45) is 50.2 Å². The van der Waals surface area contributed by atoms with E-state index in [4.69, 9.17) is 18.9 Å². The summed E-state index contributed by atoms with van der Waals surface area (Å²) in [5, 5.41) is 130. The second kappa shape index (κ2) is 16.3. The highest BCUT2D eigenvalue weighted by molar-refractivity contribution is 6.08. The summed E-state index contributed by atoms with van der Waals surface area (Å²) < 4.78 is 23.6. The maximum atomic E-state index is 14.7. The number of benzene rings is 2. The Hall–Kier alpha value is -4.89. The van der Waals surface area contributed by atoms with Crippen molar-refractivity contribution in [2.75, 3.05) is 19.8 Å². The Labute approximate surface area is 397 Å². The maximum Gasteiger partial charge on any atom is 0.339 e. The van der Waals surface area contributed by atoms with Gasteiger partial charge in [0.25, 0.3) is 0 Å². The lowest BCUT2D eigenvalue weighted by atomic mass is 9.33. The van der Waals surface area contributed by atoms with Crippen LogP contribution in [0.4, 0.5) is 0 Å². The summed E-state index contributed by atoms with van der Waals surface area (Å²) in [6, 6.07) is 1.44. The highest BCUT2D eigenvalue weighted by atomic mass is 16.7. The lowest BCUT2D eigenvalue weighted by molar-refractivity contribution is -0.297. The smallest absolute Gasteiger partial charge is 0.339 e. The van der Waals surface area contributed by atoms with Gasteiger partial charge in [-0.15, -0.1) is 0 Å². The number of phenols is 6. The minimum Gasteiger partial charge on any atom is -0.504 e. The predicted octanol–water partition coefficient (Wildman–Crippen LogP) is 3.35. The van der Waals surface area contributed by atoms with Crippen LogP contribution in [0.5, 0.6) is 34.5 Å². The highest BCUT2D eigenvalue weighted by Crippen LogP contribution is 2.76. The Kier molecular flexibility index (Phi) is 11.6. The van der Waals surface area contributed by atoms with Crippen molar-refractivity contribution in [2.45, 2.75) is 135 Å². The molecule has 1 saturated heterocycles. The molecule has 0 aromatic heterocycles. The summed E-state index contributed by atoms with van der Waals surface area (Å²) in [4.78, 5) is 43.5. The van der Waals surface area contributed by atoms with Gasteiger partial charge in [0.2, 0.25) is 17.8 Å². The lowest BCUT2D eigenvalue weighted by Gasteiger charge is -2.71. The summed E-state index contributed by atoms with van der Waals surface area (Å²) in [5.41, 5.74) is -6.69. The molecule has 378 valence electrons. The molecular weight excluding hydrogens is 905 g/mol. The zero-order valence-electron chi connectivity index (χ0n) is 39.2. The average molecular weight is 969 g/mol. The van der Waals surface area contributed by atoms with E-state index in [0.29, 0.717) is 57.4 Å². The van der Waals surface area contributed by atoms with E-state index in [0.717, 1.165) is 11.6 Å². The van der Waals surface area contributed by atoms with Crippen LogP contribution in [-0.4, -0.2) is 142 Å². The normalized spacial score (nSPS) is 41.3. The molecule has 2 aliphatic heterocycles. The number of aromatic hydroxyl groups is 6. The van der Waals surface area contributed by atoms with E-state index in [1.807, 2.05) is 6.92 Å². The Morgan fingerprint density at radius 2 is 1.35 bits per heavy atom. The molecule has 9 rings (SSSR count). The SMILES string of the molecule is CC1(C)CC[C@]2(C(=O)O[C@@H]3O[C@H](CO)[C@@H](O)[C@H](O)[C@H]3O)CC[C@]3(C)C(=CC[C@@H]4[C@@]5(C)C[C@@H](O)[C@@H]6OC(=O)c7cc(O)c(O)c(O)c7-c7c(cc(O)c(O)c7O)C(=O)OC[C@]6(CO)[C@H]5CC[C@]43C)[C@H]2C1. The molecule has 0 unspecified atom stereocenters. The van der Waals surface area contributed by atoms with Crippen molar-refractivity contribution in [1.82, 2.24) is 0 Å². The number of hydrogen-bond acceptors (Lipinski definition) is 19.